The molecule has 3 nitrogen and oxygen atoms in total. The van der Waals surface area contributed by atoms with E-state index < -0.39 is 5.97 Å². The van der Waals surface area contributed by atoms with Gasteiger partial charge in [0.1, 0.15) is 4.88 Å². The Morgan fingerprint density at radius 3 is 2.41 bits per heavy atom. The molecule has 0 amide bonds. The van der Waals surface area contributed by atoms with Gasteiger partial charge in [0, 0.05) is 4.88 Å². The summed E-state index contributed by atoms with van der Waals surface area (Å²) in [6, 6.07) is 3.55. The van der Waals surface area contributed by atoms with E-state index >= 15 is 0 Å². The van der Waals surface area contributed by atoms with Gasteiger partial charge in [-0.2, -0.15) is 0 Å². The van der Waals surface area contributed by atoms with Crippen molar-refractivity contribution in [1.29, 1.82) is 0 Å². The van der Waals surface area contributed by atoms with Crippen molar-refractivity contribution in [2.24, 2.45) is 5.41 Å². The van der Waals surface area contributed by atoms with Crippen LogP contribution in [0.1, 0.15) is 100 Å². The zero-order valence-corrected chi connectivity index (χ0v) is 19.6. The predicted molar refractivity (Wildman–Crippen MR) is 125 cm³/mol. The first-order valence-corrected chi connectivity index (χ1v) is 12.2. The second-order valence-corrected chi connectivity index (χ2v) is 8.88. The number of aryl methyl sites for hydroxylation is 1. The number of hydrogen-bond acceptors (Lipinski definition) is 3. The Bertz CT molecular complexity index is 647. The second-order valence-electron chi connectivity index (χ2n) is 7.72. The molecule has 2 aliphatic carbocycles. The van der Waals surface area contributed by atoms with E-state index in [1.54, 1.807) is 6.07 Å². The molecule has 2 N–H and O–H groups in total. The van der Waals surface area contributed by atoms with E-state index in [-0.39, 0.29) is 11.5 Å². The molecule has 29 heavy (non-hydrogen) atoms. The summed E-state index contributed by atoms with van der Waals surface area (Å²) in [4.78, 5) is 12.0. The van der Waals surface area contributed by atoms with Crippen molar-refractivity contribution in [3.8, 4) is 0 Å². The highest BCUT2D eigenvalue weighted by molar-refractivity contribution is 7.13. The molecule has 1 fully saturated rings. The van der Waals surface area contributed by atoms with E-state index in [9.17, 15) is 9.90 Å². The van der Waals surface area contributed by atoms with Crippen molar-refractivity contribution in [3.05, 3.63) is 45.7 Å². The molecule has 0 radical (unpaired) electrons. The van der Waals surface area contributed by atoms with Gasteiger partial charge in [-0.05, 0) is 68.9 Å². The zero-order chi connectivity index (χ0) is 21.7. The first-order valence-electron chi connectivity index (χ1n) is 11.4. The molecule has 1 unspecified atom stereocenters. The number of thiophene rings is 1. The van der Waals surface area contributed by atoms with Gasteiger partial charge in [-0.1, -0.05) is 64.3 Å². The first-order chi connectivity index (χ1) is 14.0. The monoisotopic (exact) mass is 420 g/mol. The number of carboxylic acids is 1. The van der Waals surface area contributed by atoms with E-state index in [0.717, 1.165) is 30.6 Å². The Morgan fingerprint density at radius 2 is 1.97 bits per heavy atom. The lowest BCUT2D eigenvalue weighted by molar-refractivity contribution is -0.0354. The largest absolute Gasteiger partial charge is 0.477 e. The standard InChI is InChI=1S/C15H24O.C8H10O2S.C2H6/c1-2-15(11-6-12-15)14(16)10-5-9-13-7-3-4-8-13;1-2-3-6-4-5-7(11-6)8(9)10;1-2/h5,7,9,14,16H,2-4,6,8,10-12H2,1H3;4-5H,2-3H2,1H3,(H,9,10);1-2H3/b9-5+;;. The summed E-state index contributed by atoms with van der Waals surface area (Å²) in [7, 11) is 0. The van der Waals surface area contributed by atoms with Gasteiger partial charge < -0.3 is 10.2 Å². The van der Waals surface area contributed by atoms with Crippen molar-refractivity contribution in [3.63, 3.8) is 0 Å². The predicted octanol–water partition coefficient (Wildman–Crippen LogP) is 7.41. The second kappa shape index (κ2) is 13.8. The van der Waals surface area contributed by atoms with Gasteiger partial charge in [-0.25, -0.2) is 4.79 Å². The smallest absolute Gasteiger partial charge is 0.345 e. The van der Waals surface area contributed by atoms with E-state index in [2.05, 4.69) is 32.1 Å². The van der Waals surface area contributed by atoms with Crippen LogP contribution in [0, 0.1) is 5.41 Å². The molecule has 1 aromatic heterocycles. The lowest BCUT2D eigenvalue weighted by Crippen LogP contribution is -2.40. The third kappa shape index (κ3) is 8.10. The van der Waals surface area contributed by atoms with Gasteiger partial charge in [0.15, 0.2) is 0 Å². The molecule has 3 rings (SSSR count). The minimum Gasteiger partial charge on any atom is -0.477 e. The molecule has 0 bridgehead atoms. The molecular formula is C25H40O3S. The molecule has 1 atom stereocenters. The Labute approximate surface area is 181 Å². The van der Waals surface area contributed by atoms with Gasteiger partial charge in [-0.15, -0.1) is 11.3 Å². The highest BCUT2D eigenvalue weighted by Gasteiger charge is 2.40. The maximum atomic E-state index is 10.4. The minimum absolute atomic E-state index is 0.121. The highest BCUT2D eigenvalue weighted by Crippen LogP contribution is 2.47. The van der Waals surface area contributed by atoms with Crippen LogP contribution >= 0.6 is 11.3 Å². The van der Waals surface area contributed by atoms with Crippen LogP contribution in [0.3, 0.4) is 0 Å². The first kappa shape index (κ1) is 25.6. The number of aromatic carboxylic acids is 1. The van der Waals surface area contributed by atoms with Crippen LogP contribution in [-0.2, 0) is 6.42 Å². The molecular weight excluding hydrogens is 380 g/mol. The summed E-state index contributed by atoms with van der Waals surface area (Å²) in [5.41, 5.74) is 1.72. The summed E-state index contributed by atoms with van der Waals surface area (Å²) in [5.74, 6) is -0.822. The number of aliphatic hydroxyl groups excluding tert-OH is 1. The van der Waals surface area contributed by atoms with E-state index in [0.29, 0.717) is 4.88 Å². The summed E-state index contributed by atoms with van der Waals surface area (Å²) < 4.78 is 0. The molecule has 0 spiro atoms. The summed E-state index contributed by atoms with van der Waals surface area (Å²) in [5, 5.41) is 18.8. The van der Waals surface area contributed by atoms with E-state index in [1.165, 1.54) is 55.4 Å². The van der Waals surface area contributed by atoms with E-state index in [1.807, 2.05) is 19.9 Å². The maximum Gasteiger partial charge on any atom is 0.345 e. The Morgan fingerprint density at radius 1 is 1.24 bits per heavy atom. The fourth-order valence-corrected chi connectivity index (χ4v) is 4.82. The molecule has 164 valence electrons. The molecule has 1 heterocycles. The van der Waals surface area contributed by atoms with Crippen molar-refractivity contribution >= 4 is 17.3 Å². The third-order valence-corrected chi connectivity index (χ3v) is 7.03. The quantitative estimate of drug-likeness (QED) is 0.460. The van der Waals surface area contributed by atoms with Crippen LogP contribution in [0.5, 0.6) is 0 Å². The Hall–Kier alpha value is -1.39. The van der Waals surface area contributed by atoms with Crippen molar-refractivity contribution in [1.82, 2.24) is 0 Å². The van der Waals surface area contributed by atoms with Gasteiger partial charge in [0.2, 0.25) is 0 Å². The van der Waals surface area contributed by atoms with Gasteiger partial charge in [-0.3, -0.25) is 0 Å². The summed E-state index contributed by atoms with van der Waals surface area (Å²) in [6.45, 7) is 8.30. The van der Waals surface area contributed by atoms with Crippen LogP contribution in [0.4, 0.5) is 0 Å². The average molecular weight is 421 g/mol. The molecule has 0 aromatic carbocycles. The number of allylic oxidation sites excluding steroid dienone is 3. The van der Waals surface area contributed by atoms with Crippen LogP contribution < -0.4 is 0 Å². The van der Waals surface area contributed by atoms with Crippen molar-refractivity contribution in [2.45, 2.75) is 98.0 Å². The topological polar surface area (TPSA) is 57.5 Å². The Balaban J connectivity index is 0.000000284. The maximum absolute atomic E-state index is 10.4. The van der Waals surface area contributed by atoms with Crippen molar-refractivity contribution in [2.75, 3.05) is 0 Å². The zero-order valence-electron chi connectivity index (χ0n) is 18.7. The molecule has 0 aliphatic heterocycles. The van der Waals surface area contributed by atoms with E-state index in [4.69, 9.17) is 5.11 Å². The van der Waals surface area contributed by atoms with Gasteiger partial charge in [0.25, 0.3) is 0 Å². The summed E-state index contributed by atoms with van der Waals surface area (Å²) >= 11 is 1.37. The number of carbonyl (C=O) groups is 1. The highest BCUT2D eigenvalue weighted by atomic mass is 32.1. The Kier molecular flexibility index (Phi) is 12.2. The number of rotatable bonds is 8. The summed E-state index contributed by atoms with van der Waals surface area (Å²) in [6.07, 6.45) is 18.1. The molecule has 1 saturated carbocycles. The van der Waals surface area contributed by atoms with Crippen LogP contribution in [0.2, 0.25) is 0 Å². The van der Waals surface area contributed by atoms with Gasteiger partial charge >= 0.3 is 5.97 Å². The van der Waals surface area contributed by atoms with Gasteiger partial charge in [0.05, 0.1) is 6.10 Å². The average Bonchev–Trinajstić information content (AvgIpc) is 3.36. The minimum atomic E-state index is -0.822. The number of carboxylic acid groups (broad SMARTS) is 1. The van der Waals surface area contributed by atoms with Crippen molar-refractivity contribution < 1.29 is 15.0 Å². The molecule has 0 saturated heterocycles. The molecule has 4 heteroatoms. The lowest BCUT2D eigenvalue weighted by Gasteiger charge is -2.45. The molecule has 1 aromatic rings. The normalized spacial score (nSPS) is 18.0. The number of aliphatic hydroxyl groups is 1. The fourth-order valence-electron chi connectivity index (χ4n) is 3.87. The van der Waals surface area contributed by atoms with Crippen LogP contribution in [0.15, 0.2) is 35.9 Å². The number of hydrogen-bond donors (Lipinski definition) is 2. The van der Waals surface area contributed by atoms with Crippen LogP contribution in [-0.4, -0.2) is 22.3 Å². The third-order valence-electron chi connectivity index (χ3n) is 5.90. The fraction of sp³-hybridized carbons (Fsp3) is 0.640. The SMILES string of the molecule is CC.CCC1(C(O)C/C=C/C2=CCCC2)CCC1.CCCc1ccc(C(=O)O)s1. The lowest BCUT2D eigenvalue weighted by atomic mass is 9.63. The van der Waals surface area contributed by atoms with Crippen LogP contribution in [0.25, 0.3) is 0 Å². The molecule has 2 aliphatic rings.